The summed E-state index contributed by atoms with van der Waals surface area (Å²) >= 11 is 0. The highest BCUT2D eigenvalue weighted by molar-refractivity contribution is 7.87. The van der Waals surface area contributed by atoms with E-state index in [9.17, 15) is 18.0 Å². The molecule has 0 spiro atoms. The Labute approximate surface area is 131 Å². The summed E-state index contributed by atoms with van der Waals surface area (Å²) < 4.78 is 28.7. The summed E-state index contributed by atoms with van der Waals surface area (Å²) in [5, 5.41) is 8.88. The van der Waals surface area contributed by atoms with Crippen molar-refractivity contribution in [1.82, 2.24) is 0 Å². The lowest BCUT2D eigenvalue weighted by atomic mass is 10.2. The third-order valence-corrected chi connectivity index (χ3v) is 4.06. The molecule has 0 fully saturated rings. The number of para-hydroxylation sites is 1. The van der Waals surface area contributed by atoms with Crippen LogP contribution in [0.2, 0.25) is 0 Å². The second kappa shape index (κ2) is 6.46. The molecule has 0 aliphatic carbocycles. The van der Waals surface area contributed by atoms with Gasteiger partial charge in [0.2, 0.25) is 0 Å². The Bertz CT molecular complexity index is 863. The lowest BCUT2D eigenvalue weighted by Gasteiger charge is -2.09. The molecule has 2 aromatic rings. The fraction of sp³-hybridized carbons (Fsp3) is 0. The summed E-state index contributed by atoms with van der Waals surface area (Å²) in [5.41, 5.74) is 2.12. The molecule has 8 nitrogen and oxygen atoms in total. The van der Waals surface area contributed by atoms with E-state index in [-0.39, 0.29) is 16.8 Å². The van der Waals surface area contributed by atoms with Crippen molar-refractivity contribution in [3.05, 3.63) is 59.7 Å². The minimum atomic E-state index is -4.47. The molecule has 0 saturated heterocycles. The van der Waals surface area contributed by atoms with Crippen LogP contribution in [0.5, 0.6) is 0 Å². The Kier molecular flexibility index (Phi) is 4.63. The van der Waals surface area contributed by atoms with Crippen LogP contribution in [-0.2, 0) is 14.3 Å². The maximum Gasteiger partial charge on any atom is 0.356 e. The van der Waals surface area contributed by atoms with Crippen LogP contribution in [-0.4, -0.2) is 25.5 Å². The fourth-order valence-electron chi connectivity index (χ4n) is 1.76. The van der Waals surface area contributed by atoms with Gasteiger partial charge in [0.1, 0.15) is 4.90 Å². The summed E-state index contributed by atoms with van der Waals surface area (Å²) in [6.45, 7) is 0. The van der Waals surface area contributed by atoms with Gasteiger partial charge in [-0.15, -0.1) is 0 Å². The van der Waals surface area contributed by atoms with Crippen LogP contribution in [0.15, 0.2) is 53.4 Å². The molecule has 2 aromatic carbocycles. The molecule has 0 atom stereocenters. The summed E-state index contributed by atoms with van der Waals surface area (Å²) in [5.74, 6) is 2.80. The lowest BCUT2D eigenvalue weighted by Crippen LogP contribution is -2.17. The largest absolute Gasteiger partial charge is 0.478 e. The van der Waals surface area contributed by atoms with Crippen LogP contribution in [0, 0.1) is 0 Å². The predicted molar refractivity (Wildman–Crippen MR) is 80.3 cm³/mol. The predicted octanol–water partition coefficient (Wildman–Crippen LogP) is 1.22. The van der Waals surface area contributed by atoms with Crippen molar-refractivity contribution in [2.45, 2.75) is 4.90 Å². The van der Waals surface area contributed by atoms with Gasteiger partial charge in [0.15, 0.2) is 0 Å². The van der Waals surface area contributed by atoms with E-state index >= 15 is 0 Å². The molecule has 0 aliphatic heterocycles. The molecule has 9 heteroatoms. The maximum atomic E-state index is 12.1. The Hall–Kier alpha value is -2.91. The highest BCUT2D eigenvalue weighted by atomic mass is 32.2. The Morgan fingerprint density at radius 1 is 1.09 bits per heavy atom. The molecular formula is C14H12N2O6S. The molecule has 0 bridgehead atoms. The van der Waals surface area contributed by atoms with Gasteiger partial charge in [0, 0.05) is 0 Å². The smallest absolute Gasteiger partial charge is 0.356 e. The Morgan fingerprint density at radius 3 is 2.43 bits per heavy atom. The summed E-state index contributed by atoms with van der Waals surface area (Å²) in [7, 11) is -4.47. The molecule has 0 heterocycles. The quantitative estimate of drug-likeness (QED) is 0.421. The average Bonchev–Trinajstić information content (AvgIpc) is 2.54. The first kappa shape index (κ1) is 16.5. The standard InChI is InChI=1S/C14H12N2O6S/c15-16-12-7-2-1-6-11(12)14(19)22-23(20,21)10-5-3-4-9(8-10)13(17)18/h1-8,16H,15H2,(H,17,18). The minimum absolute atomic E-state index is 0.0760. The van der Waals surface area contributed by atoms with Crippen LogP contribution in [0.1, 0.15) is 20.7 Å². The number of rotatable bonds is 5. The SMILES string of the molecule is NNc1ccccc1C(=O)OS(=O)(=O)c1cccc(C(=O)O)c1. The van der Waals surface area contributed by atoms with Gasteiger partial charge in [0.25, 0.3) is 0 Å². The number of nitrogens with one attached hydrogen (secondary N) is 1. The fourth-order valence-corrected chi connectivity index (χ4v) is 2.67. The number of carbonyl (C=O) groups is 2. The second-order valence-electron chi connectivity index (χ2n) is 4.35. The molecule has 2 rings (SSSR count). The number of nitrogens with two attached hydrogens (primary N) is 1. The molecule has 0 aromatic heterocycles. The van der Waals surface area contributed by atoms with Crippen LogP contribution >= 0.6 is 0 Å². The van der Waals surface area contributed by atoms with E-state index in [0.29, 0.717) is 0 Å². The van der Waals surface area contributed by atoms with Gasteiger partial charge < -0.3 is 14.7 Å². The lowest BCUT2D eigenvalue weighted by molar-refractivity contribution is 0.0695. The van der Waals surface area contributed by atoms with Gasteiger partial charge in [-0.1, -0.05) is 18.2 Å². The number of hydrazine groups is 1. The molecule has 120 valence electrons. The summed E-state index contributed by atoms with van der Waals surface area (Å²) in [6.07, 6.45) is 0. The first-order chi connectivity index (χ1) is 10.8. The number of hydrogen-bond donors (Lipinski definition) is 3. The number of nitrogen functional groups attached to an aromatic ring is 1. The molecule has 23 heavy (non-hydrogen) atoms. The molecule has 0 radical (unpaired) electrons. The van der Waals surface area contributed by atoms with Gasteiger partial charge in [-0.05, 0) is 30.3 Å². The van der Waals surface area contributed by atoms with E-state index in [0.717, 1.165) is 12.1 Å². The number of anilines is 1. The Balaban J connectivity index is 2.33. The summed E-state index contributed by atoms with van der Waals surface area (Å²) in [4.78, 5) is 22.5. The zero-order chi connectivity index (χ0) is 17.0. The zero-order valence-electron chi connectivity index (χ0n) is 11.6. The van der Waals surface area contributed by atoms with E-state index in [1.54, 1.807) is 6.07 Å². The van der Waals surface area contributed by atoms with E-state index in [4.69, 9.17) is 10.9 Å². The van der Waals surface area contributed by atoms with Crippen molar-refractivity contribution < 1.29 is 27.3 Å². The molecular weight excluding hydrogens is 324 g/mol. The maximum absolute atomic E-state index is 12.1. The monoisotopic (exact) mass is 336 g/mol. The zero-order valence-corrected chi connectivity index (χ0v) is 12.4. The number of carbonyl (C=O) groups excluding carboxylic acids is 1. The average molecular weight is 336 g/mol. The number of hydrogen-bond acceptors (Lipinski definition) is 7. The van der Waals surface area contributed by atoms with Crippen molar-refractivity contribution in [3.8, 4) is 0 Å². The van der Waals surface area contributed by atoms with Crippen LogP contribution in [0.25, 0.3) is 0 Å². The van der Waals surface area contributed by atoms with Crippen molar-refractivity contribution in [2.24, 2.45) is 5.84 Å². The van der Waals surface area contributed by atoms with Crippen molar-refractivity contribution in [3.63, 3.8) is 0 Å². The third-order valence-electron chi connectivity index (χ3n) is 2.86. The van der Waals surface area contributed by atoms with E-state index in [1.807, 2.05) is 0 Å². The highest BCUT2D eigenvalue weighted by Gasteiger charge is 2.23. The number of benzene rings is 2. The summed E-state index contributed by atoms with van der Waals surface area (Å²) in [6, 6.07) is 10.4. The van der Waals surface area contributed by atoms with Gasteiger partial charge >= 0.3 is 22.1 Å². The van der Waals surface area contributed by atoms with Gasteiger partial charge in [-0.2, -0.15) is 8.42 Å². The van der Waals surface area contributed by atoms with Crippen molar-refractivity contribution in [1.29, 1.82) is 0 Å². The minimum Gasteiger partial charge on any atom is -0.478 e. The van der Waals surface area contributed by atoms with Gasteiger partial charge in [-0.25, -0.2) is 9.59 Å². The first-order valence-corrected chi connectivity index (χ1v) is 7.64. The molecule has 0 unspecified atom stereocenters. The highest BCUT2D eigenvalue weighted by Crippen LogP contribution is 2.20. The third kappa shape index (κ3) is 3.65. The van der Waals surface area contributed by atoms with E-state index < -0.39 is 27.0 Å². The van der Waals surface area contributed by atoms with Crippen molar-refractivity contribution in [2.75, 3.05) is 5.43 Å². The molecule has 4 N–H and O–H groups in total. The van der Waals surface area contributed by atoms with Crippen LogP contribution < -0.4 is 11.3 Å². The normalized spacial score (nSPS) is 10.8. The number of aromatic carboxylic acids is 1. The Morgan fingerprint density at radius 2 is 1.78 bits per heavy atom. The van der Waals surface area contributed by atoms with E-state index in [2.05, 4.69) is 9.61 Å². The second-order valence-corrected chi connectivity index (χ2v) is 5.89. The van der Waals surface area contributed by atoms with Crippen LogP contribution in [0.4, 0.5) is 5.69 Å². The van der Waals surface area contributed by atoms with E-state index in [1.165, 1.54) is 30.3 Å². The molecule has 0 aliphatic rings. The number of carboxylic acids is 1. The molecule has 0 saturated carbocycles. The first-order valence-electron chi connectivity index (χ1n) is 6.23. The van der Waals surface area contributed by atoms with Gasteiger partial charge in [-0.3, -0.25) is 5.84 Å². The van der Waals surface area contributed by atoms with Crippen LogP contribution in [0.3, 0.4) is 0 Å². The molecule has 0 amide bonds. The van der Waals surface area contributed by atoms with Gasteiger partial charge in [0.05, 0.1) is 16.8 Å². The number of carboxylic acid groups (broad SMARTS) is 1. The topological polar surface area (TPSA) is 136 Å². The van der Waals surface area contributed by atoms with Crippen molar-refractivity contribution >= 4 is 27.7 Å².